The number of rotatable bonds is 8. The largest absolute Gasteiger partial charge is 0.496 e. The SMILES string of the molecule is CCNC(=NCc1ccc(C)c(OC)c1)NCCc1ncc(CC)s1. The molecule has 136 valence electrons. The standard InChI is InChI=1S/C19H28N4OS/c1-5-16-13-22-18(25-16)9-10-21-19(20-6-2)23-12-15-8-7-14(3)17(11-15)24-4/h7-8,11,13H,5-6,9-10,12H2,1-4H3,(H2,20,21,23). The van der Waals surface area contributed by atoms with E-state index in [-0.39, 0.29) is 0 Å². The second-order valence-electron chi connectivity index (χ2n) is 5.75. The van der Waals surface area contributed by atoms with Crippen LogP contribution in [0.15, 0.2) is 29.4 Å². The van der Waals surface area contributed by atoms with E-state index in [0.29, 0.717) is 6.54 Å². The molecule has 0 spiro atoms. The van der Waals surface area contributed by atoms with E-state index in [1.54, 1.807) is 18.4 Å². The van der Waals surface area contributed by atoms with E-state index in [1.165, 1.54) is 9.88 Å². The summed E-state index contributed by atoms with van der Waals surface area (Å²) >= 11 is 1.79. The lowest BCUT2D eigenvalue weighted by Gasteiger charge is -2.11. The van der Waals surface area contributed by atoms with E-state index in [0.717, 1.165) is 48.8 Å². The second kappa shape index (κ2) is 10.0. The number of aliphatic imine (C=N–C) groups is 1. The molecule has 25 heavy (non-hydrogen) atoms. The lowest BCUT2D eigenvalue weighted by atomic mass is 10.1. The molecule has 6 heteroatoms. The first-order valence-corrected chi connectivity index (χ1v) is 9.57. The highest BCUT2D eigenvalue weighted by molar-refractivity contribution is 7.11. The molecule has 0 aliphatic carbocycles. The predicted octanol–water partition coefficient (Wildman–Crippen LogP) is 3.32. The van der Waals surface area contributed by atoms with Crippen molar-refractivity contribution in [2.75, 3.05) is 20.2 Å². The molecule has 0 aliphatic rings. The number of guanidine groups is 1. The van der Waals surface area contributed by atoms with Crippen LogP contribution in [0.4, 0.5) is 0 Å². The maximum atomic E-state index is 5.38. The van der Waals surface area contributed by atoms with Crippen molar-refractivity contribution < 1.29 is 4.74 Å². The summed E-state index contributed by atoms with van der Waals surface area (Å²) in [5, 5.41) is 7.84. The zero-order valence-electron chi connectivity index (χ0n) is 15.6. The van der Waals surface area contributed by atoms with E-state index in [1.807, 2.05) is 19.2 Å². The van der Waals surface area contributed by atoms with Gasteiger partial charge >= 0.3 is 0 Å². The van der Waals surface area contributed by atoms with Gasteiger partial charge in [-0.2, -0.15) is 0 Å². The topological polar surface area (TPSA) is 58.5 Å². The number of ether oxygens (including phenoxy) is 1. The van der Waals surface area contributed by atoms with Crippen molar-refractivity contribution in [2.24, 2.45) is 4.99 Å². The summed E-state index contributed by atoms with van der Waals surface area (Å²) in [6.07, 6.45) is 3.94. The number of aromatic nitrogens is 1. The normalized spacial score (nSPS) is 11.4. The number of hydrogen-bond acceptors (Lipinski definition) is 4. The lowest BCUT2D eigenvalue weighted by Crippen LogP contribution is -2.38. The van der Waals surface area contributed by atoms with E-state index >= 15 is 0 Å². The molecule has 0 radical (unpaired) electrons. The van der Waals surface area contributed by atoms with E-state index in [9.17, 15) is 0 Å². The predicted molar refractivity (Wildman–Crippen MR) is 106 cm³/mol. The first kappa shape index (κ1) is 19.2. The Morgan fingerprint density at radius 1 is 1.28 bits per heavy atom. The maximum absolute atomic E-state index is 5.38. The Balaban J connectivity index is 1.91. The molecule has 0 saturated heterocycles. The van der Waals surface area contributed by atoms with Crippen LogP contribution in [-0.2, 0) is 19.4 Å². The third-order valence-corrected chi connectivity index (χ3v) is 5.02. The van der Waals surface area contributed by atoms with Crippen molar-refractivity contribution in [1.82, 2.24) is 15.6 Å². The van der Waals surface area contributed by atoms with Crippen LogP contribution in [0.5, 0.6) is 5.75 Å². The summed E-state index contributed by atoms with van der Waals surface area (Å²) in [5.74, 6) is 1.73. The number of thiazole rings is 1. The number of methoxy groups -OCH3 is 1. The van der Waals surface area contributed by atoms with E-state index in [4.69, 9.17) is 4.74 Å². The minimum absolute atomic E-state index is 0.614. The van der Waals surface area contributed by atoms with Crippen LogP contribution in [0.3, 0.4) is 0 Å². The minimum atomic E-state index is 0.614. The summed E-state index contributed by atoms with van der Waals surface area (Å²) in [7, 11) is 1.70. The number of aryl methyl sites for hydroxylation is 2. The van der Waals surface area contributed by atoms with Gasteiger partial charge in [-0.25, -0.2) is 9.98 Å². The van der Waals surface area contributed by atoms with Gasteiger partial charge in [-0.15, -0.1) is 11.3 Å². The Hall–Kier alpha value is -2.08. The van der Waals surface area contributed by atoms with Gasteiger partial charge in [0.05, 0.1) is 18.7 Å². The number of benzene rings is 1. The molecule has 5 nitrogen and oxygen atoms in total. The molecule has 2 N–H and O–H groups in total. The van der Waals surface area contributed by atoms with Gasteiger partial charge in [-0.3, -0.25) is 0 Å². The summed E-state index contributed by atoms with van der Waals surface area (Å²) in [6.45, 7) is 8.54. The van der Waals surface area contributed by atoms with Crippen molar-refractivity contribution >= 4 is 17.3 Å². The van der Waals surface area contributed by atoms with Crippen LogP contribution < -0.4 is 15.4 Å². The Morgan fingerprint density at radius 2 is 2.12 bits per heavy atom. The first-order chi connectivity index (χ1) is 12.2. The zero-order valence-corrected chi connectivity index (χ0v) is 16.4. The summed E-state index contributed by atoms with van der Waals surface area (Å²) in [6, 6.07) is 6.20. The Labute approximate surface area is 154 Å². The molecule has 1 heterocycles. The summed E-state index contributed by atoms with van der Waals surface area (Å²) in [5.41, 5.74) is 2.27. The van der Waals surface area contributed by atoms with Gasteiger partial charge in [0.15, 0.2) is 5.96 Å². The van der Waals surface area contributed by atoms with Gasteiger partial charge in [-0.1, -0.05) is 19.1 Å². The molecule has 0 saturated carbocycles. The van der Waals surface area contributed by atoms with Crippen molar-refractivity contribution in [3.05, 3.63) is 45.4 Å². The minimum Gasteiger partial charge on any atom is -0.496 e. The third-order valence-electron chi connectivity index (χ3n) is 3.82. The Kier molecular flexibility index (Phi) is 7.73. The van der Waals surface area contributed by atoms with Crippen LogP contribution in [0, 0.1) is 6.92 Å². The highest BCUT2D eigenvalue weighted by Gasteiger charge is 2.03. The van der Waals surface area contributed by atoms with E-state index < -0.39 is 0 Å². The van der Waals surface area contributed by atoms with Crippen LogP contribution >= 0.6 is 11.3 Å². The van der Waals surface area contributed by atoms with Crippen molar-refractivity contribution in [3.8, 4) is 5.75 Å². The van der Waals surface area contributed by atoms with Gasteiger partial charge in [0.25, 0.3) is 0 Å². The Morgan fingerprint density at radius 3 is 2.80 bits per heavy atom. The fourth-order valence-corrected chi connectivity index (χ4v) is 3.25. The molecular formula is C19H28N4OS. The fraction of sp³-hybridized carbons (Fsp3) is 0.474. The highest BCUT2D eigenvalue weighted by Crippen LogP contribution is 2.19. The van der Waals surface area contributed by atoms with Gasteiger partial charge in [0.2, 0.25) is 0 Å². The van der Waals surface area contributed by atoms with Crippen LogP contribution in [0.2, 0.25) is 0 Å². The van der Waals surface area contributed by atoms with Gasteiger partial charge in [0.1, 0.15) is 5.75 Å². The average molecular weight is 361 g/mol. The van der Waals surface area contributed by atoms with Crippen molar-refractivity contribution in [1.29, 1.82) is 0 Å². The average Bonchev–Trinajstić information content (AvgIpc) is 3.08. The molecule has 0 unspecified atom stereocenters. The maximum Gasteiger partial charge on any atom is 0.191 e. The number of nitrogens with one attached hydrogen (secondary N) is 2. The lowest BCUT2D eigenvalue weighted by molar-refractivity contribution is 0.411. The molecule has 0 atom stereocenters. The highest BCUT2D eigenvalue weighted by atomic mass is 32.1. The van der Waals surface area contributed by atoms with Gasteiger partial charge in [-0.05, 0) is 37.5 Å². The first-order valence-electron chi connectivity index (χ1n) is 8.75. The number of nitrogens with zero attached hydrogens (tertiary/aromatic N) is 2. The molecular weight excluding hydrogens is 332 g/mol. The van der Waals surface area contributed by atoms with Crippen LogP contribution in [0.1, 0.15) is 34.9 Å². The van der Waals surface area contributed by atoms with Gasteiger partial charge in [0, 0.05) is 30.6 Å². The smallest absolute Gasteiger partial charge is 0.191 e. The molecule has 0 amide bonds. The van der Waals surface area contributed by atoms with Gasteiger partial charge < -0.3 is 15.4 Å². The van der Waals surface area contributed by atoms with Crippen molar-refractivity contribution in [3.63, 3.8) is 0 Å². The fourth-order valence-electron chi connectivity index (χ4n) is 2.39. The molecule has 0 fully saturated rings. The molecule has 2 aromatic rings. The second-order valence-corrected chi connectivity index (χ2v) is 6.95. The molecule has 2 rings (SSSR count). The molecule has 0 aliphatic heterocycles. The van der Waals surface area contributed by atoms with Crippen LogP contribution in [0.25, 0.3) is 0 Å². The zero-order chi connectivity index (χ0) is 18.1. The summed E-state index contributed by atoms with van der Waals surface area (Å²) < 4.78 is 5.38. The summed E-state index contributed by atoms with van der Waals surface area (Å²) in [4.78, 5) is 10.5. The quantitative estimate of drug-likeness (QED) is 0.560. The Bertz CT molecular complexity index is 696. The molecule has 1 aromatic heterocycles. The van der Waals surface area contributed by atoms with Crippen LogP contribution in [-0.4, -0.2) is 31.1 Å². The van der Waals surface area contributed by atoms with Crippen molar-refractivity contribution in [2.45, 2.75) is 40.2 Å². The molecule has 0 bridgehead atoms. The van der Waals surface area contributed by atoms with E-state index in [2.05, 4.69) is 46.6 Å². The molecule has 1 aromatic carbocycles. The number of hydrogen-bond donors (Lipinski definition) is 2. The third kappa shape index (κ3) is 6.05. The monoisotopic (exact) mass is 360 g/mol.